The van der Waals surface area contributed by atoms with Crippen LogP contribution in [0.4, 0.5) is 5.69 Å². The first-order valence-corrected chi connectivity index (χ1v) is 10.0. The second-order valence-electron chi connectivity index (χ2n) is 6.35. The van der Waals surface area contributed by atoms with E-state index in [1.165, 1.54) is 11.8 Å². The van der Waals surface area contributed by atoms with Crippen molar-refractivity contribution < 1.29 is 14.0 Å². The molecule has 0 aliphatic carbocycles. The first-order chi connectivity index (χ1) is 13.6. The Morgan fingerprint density at radius 1 is 1.11 bits per heavy atom. The molecule has 2 amide bonds. The lowest BCUT2D eigenvalue weighted by Crippen LogP contribution is -2.34. The number of halogens is 1. The second kappa shape index (κ2) is 8.12. The Kier molecular flexibility index (Phi) is 5.41. The number of thioether (sulfide) groups is 1. The van der Waals surface area contributed by atoms with Crippen LogP contribution in [0.2, 0.25) is 5.02 Å². The van der Waals surface area contributed by atoms with Crippen molar-refractivity contribution in [3.63, 3.8) is 0 Å². The van der Waals surface area contributed by atoms with Crippen LogP contribution in [0.25, 0.3) is 11.3 Å². The van der Waals surface area contributed by atoms with Gasteiger partial charge in [-0.3, -0.25) is 9.59 Å². The van der Waals surface area contributed by atoms with E-state index >= 15 is 0 Å². The van der Waals surface area contributed by atoms with E-state index in [-0.39, 0.29) is 24.8 Å². The van der Waals surface area contributed by atoms with Crippen molar-refractivity contribution in [3.05, 3.63) is 71.4 Å². The van der Waals surface area contributed by atoms with Crippen LogP contribution in [0.5, 0.6) is 0 Å². The predicted octanol–water partition coefficient (Wildman–Crippen LogP) is 4.72. The Labute approximate surface area is 171 Å². The van der Waals surface area contributed by atoms with Crippen molar-refractivity contribution in [2.24, 2.45) is 0 Å². The van der Waals surface area contributed by atoms with Crippen LogP contribution in [0.1, 0.15) is 12.2 Å². The quantitative estimate of drug-likeness (QED) is 0.636. The van der Waals surface area contributed by atoms with Gasteiger partial charge in [0.25, 0.3) is 0 Å². The van der Waals surface area contributed by atoms with Gasteiger partial charge < -0.3 is 15.1 Å². The monoisotopic (exact) mass is 412 g/mol. The minimum absolute atomic E-state index is 0.107. The summed E-state index contributed by atoms with van der Waals surface area (Å²) in [6, 6.07) is 18.6. The standard InChI is InChI=1S/C21H17ClN2O3S/c22-14-7-5-13(6-8-14)17-10-9-15(27-17)12-23-20(25)11-19-21(26)24-16-3-1-2-4-18(16)28-19/h1-10,19H,11-12H2,(H,23,25)(H,24,26)/t19-/m1/s1. The number of benzene rings is 2. The molecule has 0 fully saturated rings. The van der Waals surface area contributed by atoms with E-state index in [9.17, 15) is 9.59 Å². The first kappa shape index (κ1) is 18.7. The van der Waals surface area contributed by atoms with Crippen molar-refractivity contribution in [1.82, 2.24) is 5.32 Å². The van der Waals surface area contributed by atoms with Gasteiger partial charge in [0.05, 0.1) is 17.5 Å². The number of rotatable bonds is 5. The van der Waals surface area contributed by atoms with Gasteiger partial charge in [-0.05, 0) is 48.5 Å². The molecule has 1 aliphatic rings. The van der Waals surface area contributed by atoms with Crippen LogP contribution in [0.3, 0.4) is 0 Å². The number of hydrogen-bond acceptors (Lipinski definition) is 4. The molecule has 4 rings (SSSR count). The Hall–Kier alpha value is -2.70. The molecule has 142 valence electrons. The number of hydrogen-bond donors (Lipinski definition) is 2. The number of fused-ring (bicyclic) bond motifs is 1. The molecule has 7 heteroatoms. The summed E-state index contributed by atoms with van der Waals surface area (Å²) < 4.78 is 5.78. The van der Waals surface area contributed by atoms with Crippen LogP contribution in [0, 0.1) is 0 Å². The average Bonchev–Trinajstić information content (AvgIpc) is 3.16. The van der Waals surface area contributed by atoms with E-state index in [2.05, 4.69) is 10.6 Å². The van der Waals surface area contributed by atoms with Gasteiger partial charge in [-0.1, -0.05) is 23.7 Å². The van der Waals surface area contributed by atoms with Gasteiger partial charge in [0.1, 0.15) is 11.5 Å². The average molecular weight is 413 g/mol. The maximum Gasteiger partial charge on any atom is 0.238 e. The minimum atomic E-state index is -0.448. The summed E-state index contributed by atoms with van der Waals surface area (Å²) in [4.78, 5) is 25.5. The van der Waals surface area contributed by atoms with Crippen molar-refractivity contribution >= 4 is 40.9 Å². The van der Waals surface area contributed by atoms with E-state index in [0.717, 1.165) is 16.1 Å². The maximum absolute atomic E-state index is 12.3. The molecule has 0 unspecified atom stereocenters. The van der Waals surface area contributed by atoms with Gasteiger partial charge in [0.15, 0.2) is 0 Å². The third-order valence-electron chi connectivity index (χ3n) is 4.33. The first-order valence-electron chi connectivity index (χ1n) is 8.76. The summed E-state index contributed by atoms with van der Waals surface area (Å²) in [6.45, 7) is 0.266. The van der Waals surface area contributed by atoms with Crippen LogP contribution in [-0.4, -0.2) is 17.1 Å². The van der Waals surface area contributed by atoms with Gasteiger partial charge in [-0.25, -0.2) is 0 Å². The highest BCUT2D eigenvalue weighted by Crippen LogP contribution is 2.36. The molecule has 3 aromatic rings. The van der Waals surface area contributed by atoms with Gasteiger partial charge in [0, 0.05) is 21.9 Å². The summed E-state index contributed by atoms with van der Waals surface area (Å²) >= 11 is 7.31. The highest BCUT2D eigenvalue weighted by atomic mass is 35.5. The molecule has 1 aromatic heterocycles. The second-order valence-corrected chi connectivity index (χ2v) is 8.03. The molecule has 2 aromatic carbocycles. The number of carbonyl (C=O) groups is 2. The zero-order valence-corrected chi connectivity index (χ0v) is 16.3. The van der Waals surface area contributed by atoms with Crippen molar-refractivity contribution in [1.29, 1.82) is 0 Å². The third kappa shape index (κ3) is 4.24. The van der Waals surface area contributed by atoms with E-state index in [1.54, 1.807) is 12.1 Å². The minimum Gasteiger partial charge on any atom is -0.459 e. The summed E-state index contributed by atoms with van der Waals surface area (Å²) in [5.41, 5.74) is 1.70. The summed E-state index contributed by atoms with van der Waals surface area (Å²) in [6.07, 6.45) is 0.107. The topological polar surface area (TPSA) is 71.3 Å². The number of para-hydroxylation sites is 1. The third-order valence-corrected chi connectivity index (χ3v) is 5.85. The van der Waals surface area contributed by atoms with Crippen molar-refractivity contribution in [2.75, 3.05) is 5.32 Å². The number of amides is 2. The molecular weight excluding hydrogens is 396 g/mol. The molecule has 5 nitrogen and oxygen atoms in total. The number of nitrogens with one attached hydrogen (secondary N) is 2. The van der Waals surface area contributed by atoms with E-state index in [0.29, 0.717) is 16.5 Å². The Bertz CT molecular complexity index is 1020. The molecule has 0 spiro atoms. The predicted molar refractivity (Wildman–Crippen MR) is 110 cm³/mol. The molecule has 0 bridgehead atoms. The fourth-order valence-corrected chi connectivity index (χ4v) is 4.13. The zero-order chi connectivity index (χ0) is 19.5. The van der Waals surface area contributed by atoms with Crippen LogP contribution in [-0.2, 0) is 16.1 Å². The lowest BCUT2D eigenvalue weighted by Gasteiger charge is -2.23. The molecule has 2 heterocycles. The van der Waals surface area contributed by atoms with Crippen LogP contribution in [0.15, 0.2) is 70.0 Å². The molecule has 0 saturated carbocycles. The van der Waals surface area contributed by atoms with Crippen molar-refractivity contribution in [2.45, 2.75) is 23.1 Å². The van der Waals surface area contributed by atoms with E-state index < -0.39 is 5.25 Å². The number of anilines is 1. The van der Waals surface area contributed by atoms with Gasteiger partial charge in [-0.2, -0.15) is 0 Å². The molecule has 0 radical (unpaired) electrons. The highest BCUT2D eigenvalue weighted by molar-refractivity contribution is 8.01. The summed E-state index contributed by atoms with van der Waals surface area (Å²) in [5.74, 6) is 1.00. The zero-order valence-electron chi connectivity index (χ0n) is 14.8. The summed E-state index contributed by atoms with van der Waals surface area (Å²) in [7, 11) is 0. The van der Waals surface area contributed by atoms with Crippen LogP contribution < -0.4 is 10.6 Å². The lowest BCUT2D eigenvalue weighted by molar-refractivity contribution is -0.124. The molecule has 28 heavy (non-hydrogen) atoms. The number of furan rings is 1. The fourth-order valence-electron chi connectivity index (χ4n) is 2.90. The SMILES string of the molecule is O=C(C[C@H]1Sc2ccccc2NC1=O)NCc1ccc(-c2ccc(Cl)cc2)o1. The van der Waals surface area contributed by atoms with E-state index in [4.69, 9.17) is 16.0 Å². The Balaban J connectivity index is 1.33. The molecular formula is C21H17ClN2O3S. The summed E-state index contributed by atoms with van der Waals surface area (Å²) in [5, 5.41) is 5.88. The fraction of sp³-hybridized carbons (Fsp3) is 0.143. The lowest BCUT2D eigenvalue weighted by atomic mass is 10.2. The molecule has 0 saturated heterocycles. The largest absolute Gasteiger partial charge is 0.459 e. The maximum atomic E-state index is 12.3. The molecule has 2 N–H and O–H groups in total. The van der Waals surface area contributed by atoms with Gasteiger partial charge in [0.2, 0.25) is 11.8 Å². The van der Waals surface area contributed by atoms with Crippen molar-refractivity contribution in [3.8, 4) is 11.3 Å². The van der Waals surface area contributed by atoms with E-state index in [1.807, 2.05) is 48.5 Å². The van der Waals surface area contributed by atoms with Gasteiger partial charge >= 0.3 is 0 Å². The normalized spacial score (nSPS) is 15.6. The molecule has 1 aliphatic heterocycles. The Morgan fingerprint density at radius 3 is 2.71 bits per heavy atom. The van der Waals surface area contributed by atoms with Crippen LogP contribution >= 0.6 is 23.4 Å². The Morgan fingerprint density at radius 2 is 1.89 bits per heavy atom. The van der Waals surface area contributed by atoms with Gasteiger partial charge in [-0.15, -0.1) is 11.8 Å². The smallest absolute Gasteiger partial charge is 0.238 e. The highest BCUT2D eigenvalue weighted by Gasteiger charge is 2.28. The molecule has 1 atom stereocenters. The number of carbonyl (C=O) groups excluding carboxylic acids is 2.